The second-order valence-corrected chi connectivity index (χ2v) is 3.48. The quantitative estimate of drug-likeness (QED) is 0.725. The number of nitrogens with zero attached hydrogens (tertiary/aromatic N) is 3. The molecular formula is C11H13N3. The minimum absolute atomic E-state index is 0.489. The summed E-state index contributed by atoms with van der Waals surface area (Å²) < 4.78 is 0. The minimum atomic E-state index is 0.489. The van der Waals surface area contributed by atoms with Crippen molar-refractivity contribution in [3.8, 4) is 0 Å². The van der Waals surface area contributed by atoms with Gasteiger partial charge in [-0.1, -0.05) is 13.8 Å². The molecule has 2 aromatic rings. The lowest BCUT2D eigenvalue weighted by Crippen LogP contribution is -1.97. The zero-order valence-corrected chi connectivity index (χ0v) is 8.44. The lowest BCUT2D eigenvalue weighted by molar-refractivity contribution is 0.730. The van der Waals surface area contributed by atoms with Crippen LogP contribution < -0.4 is 0 Å². The van der Waals surface area contributed by atoms with E-state index in [4.69, 9.17) is 0 Å². The van der Waals surface area contributed by atoms with Crippen molar-refractivity contribution >= 4 is 11.0 Å². The molecule has 3 heteroatoms. The molecule has 0 amide bonds. The maximum atomic E-state index is 4.35. The van der Waals surface area contributed by atoms with Crippen LogP contribution in [0.2, 0.25) is 0 Å². The molecule has 1 unspecified atom stereocenters. The zero-order chi connectivity index (χ0) is 9.97. The van der Waals surface area contributed by atoms with Gasteiger partial charge in [-0.05, 0) is 24.5 Å². The second-order valence-electron chi connectivity index (χ2n) is 3.48. The molecule has 0 saturated carbocycles. The fraction of sp³-hybridized carbons (Fsp3) is 0.364. The van der Waals surface area contributed by atoms with Gasteiger partial charge in [0.1, 0.15) is 5.52 Å². The minimum Gasteiger partial charge on any atom is -0.254 e. The van der Waals surface area contributed by atoms with E-state index >= 15 is 0 Å². The Labute approximate surface area is 83.2 Å². The Morgan fingerprint density at radius 1 is 1.43 bits per heavy atom. The van der Waals surface area contributed by atoms with Gasteiger partial charge in [0, 0.05) is 11.8 Å². The number of pyridine rings is 1. The van der Waals surface area contributed by atoms with E-state index in [0.29, 0.717) is 5.92 Å². The summed E-state index contributed by atoms with van der Waals surface area (Å²) >= 11 is 0. The Morgan fingerprint density at radius 2 is 2.29 bits per heavy atom. The first kappa shape index (κ1) is 9.06. The van der Waals surface area contributed by atoms with Gasteiger partial charge < -0.3 is 0 Å². The van der Waals surface area contributed by atoms with Gasteiger partial charge in [0.2, 0.25) is 0 Å². The first-order valence-electron chi connectivity index (χ1n) is 4.89. The molecule has 0 aliphatic rings. The van der Waals surface area contributed by atoms with Gasteiger partial charge in [-0.25, -0.2) is 0 Å². The predicted molar refractivity (Wildman–Crippen MR) is 56.0 cm³/mol. The average Bonchev–Trinajstić information content (AvgIpc) is 2.27. The third-order valence-electron chi connectivity index (χ3n) is 2.57. The summed E-state index contributed by atoms with van der Waals surface area (Å²) in [7, 11) is 0. The van der Waals surface area contributed by atoms with E-state index in [1.54, 1.807) is 6.20 Å². The third kappa shape index (κ3) is 1.45. The van der Waals surface area contributed by atoms with Crippen LogP contribution in [0, 0.1) is 0 Å². The highest BCUT2D eigenvalue weighted by atomic mass is 15.1. The predicted octanol–water partition coefficient (Wildman–Crippen LogP) is 2.54. The Kier molecular flexibility index (Phi) is 2.39. The number of rotatable bonds is 2. The molecule has 1 atom stereocenters. The van der Waals surface area contributed by atoms with Crippen LogP contribution in [0.4, 0.5) is 0 Å². The largest absolute Gasteiger partial charge is 0.254 e. The molecule has 0 spiro atoms. The van der Waals surface area contributed by atoms with E-state index in [9.17, 15) is 0 Å². The number of aromatic nitrogens is 3. The standard InChI is InChI=1S/C11H13N3/c1-3-8(2)9-7-13-14-10-5-4-6-12-11(9)10/h4-8H,3H2,1-2H3. The molecule has 0 aliphatic carbocycles. The van der Waals surface area contributed by atoms with Crippen molar-refractivity contribution < 1.29 is 0 Å². The van der Waals surface area contributed by atoms with Gasteiger partial charge in [0.15, 0.2) is 0 Å². The number of hydrogen-bond donors (Lipinski definition) is 0. The molecule has 14 heavy (non-hydrogen) atoms. The lowest BCUT2D eigenvalue weighted by Gasteiger charge is -2.09. The summed E-state index contributed by atoms with van der Waals surface area (Å²) in [6.07, 6.45) is 4.72. The van der Waals surface area contributed by atoms with Crippen molar-refractivity contribution in [2.24, 2.45) is 0 Å². The molecule has 0 N–H and O–H groups in total. The monoisotopic (exact) mass is 187 g/mol. The van der Waals surface area contributed by atoms with Crippen molar-refractivity contribution in [1.29, 1.82) is 0 Å². The smallest absolute Gasteiger partial charge is 0.112 e. The van der Waals surface area contributed by atoms with Crippen LogP contribution in [0.15, 0.2) is 24.5 Å². The fourth-order valence-electron chi connectivity index (χ4n) is 1.49. The van der Waals surface area contributed by atoms with Gasteiger partial charge in [0.25, 0.3) is 0 Å². The molecule has 0 aromatic carbocycles. The molecule has 0 fully saturated rings. The van der Waals surface area contributed by atoms with Crippen molar-refractivity contribution in [3.63, 3.8) is 0 Å². The summed E-state index contributed by atoms with van der Waals surface area (Å²) in [5.74, 6) is 0.489. The zero-order valence-electron chi connectivity index (χ0n) is 8.44. The highest BCUT2D eigenvalue weighted by molar-refractivity contribution is 5.76. The van der Waals surface area contributed by atoms with Gasteiger partial charge in [0.05, 0.1) is 11.7 Å². The molecule has 3 nitrogen and oxygen atoms in total. The Hall–Kier alpha value is -1.51. The van der Waals surface area contributed by atoms with Crippen LogP contribution in [0.3, 0.4) is 0 Å². The molecule has 2 heterocycles. The van der Waals surface area contributed by atoms with E-state index in [0.717, 1.165) is 17.5 Å². The van der Waals surface area contributed by atoms with Crippen LogP contribution in [0.25, 0.3) is 11.0 Å². The molecule has 0 radical (unpaired) electrons. The van der Waals surface area contributed by atoms with Crippen molar-refractivity contribution in [2.45, 2.75) is 26.2 Å². The van der Waals surface area contributed by atoms with Gasteiger partial charge in [-0.3, -0.25) is 4.98 Å². The summed E-state index contributed by atoms with van der Waals surface area (Å²) in [6, 6.07) is 3.83. The normalized spacial score (nSPS) is 13.0. The Balaban J connectivity index is 2.65. The molecule has 0 aliphatic heterocycles. The van der Waals surface area contributed by atoms with Crippen molar-refractivity contribution in [1.82, 2.24) is 15.2 Å². The molecule has 0 bridgehead atoms. The highest BCUT2D eigenvalue weighted by Gasteiger charge is 2.09. The molecule has 2 rings (SSSR count). The summed E-state index contributed by atoms with van der Waals surface area (Å²) in [4.78, 5) is 4.35. The van der Waals surface area contributed by atoms with E-state index in [-0.39, 0.29) is 0 Å². The Bertz CT molecular complexity index is 434. The van der Waals surface area contributed by atoms with E-state index in [1.807, 2.05) is 18.3 Å². The average molecular weight is 187 g/mol. The van der Waals surface area contributed by atoms with E-state index in [2.05, 4.69) is 29.0 Å². The number of fused-ring (bicyclic) bond motifs is 1. The van der Waals surface area contributed by atoms with Crippen LogP contribution in [0.5, 0.6) is 0 Å². The van der Waals surface area contributed by atoms with Crippen molar-refractivity contribution in [2.75, 3.05) is 0 Å². The maximum absolute atomic E-state index is 4.35. The topological polar surface area (TPSA) is 38.7 Å². The van der Waals surface area contributed by atoms with E-state index < -0.39 is 0 Å². The van der Waals surface area contributed by atoms with Crippen LogP contribution in [-0.2, 0) is 0 Å². The van der Waals surface area contributed by atoms with E-state index in [1.165, 1.54) is 5.56 Å². The van der Waals surface area contributed by atoms with Crippen LogP contribution in [0.1, 0.15) is 31.7 Å². The summed E-state index contributed by atoms with van der Waals surface area (Å²) in [5.41, 5.74) is 3.06. The molecule has 72 valence electrons. The first-order valence-corrected chi connectivity index (χ1v) is 4.89. The van der Waals surface area contributed by atoms with Crippen LogP contribution >= 0.6 is 0 Å². The summed E-state index contributed by atoms with van der Waals surface area (Å²) in [6.45, 7) is 4.35. The fourth-order valence-corrected chi connectivity index (χ4v) is 1.49. The van der Waals surface area contributed by atoms with Crippen molar-refractivity contribution in [3.05, 3.63) is 30.1 Å². The molecule has 0 saturated heterocycles. The van der Waals surface area contributed by atoms with Gasteiger partial charge in [-0.15, -0.1) is 5.10 Å². The summed E-state index contributed by atoms with van der Waals surface area (Å²) in [5, 5.41) is 8.04. The number of hydrogen-bond acceptors (Lipinski definition) is 3. The van der Waals surface area contributed by atoms with Gasteiger partial charge >= 0.3 is 0 Å². The SMILES string of the molecule is CCC(C)c1cnnc2cccnc12. The van der Waals surface area contributed by atoms with Crippen LogP contribution in [-0.4, -0.2) is 15.2 Å². The second kappa shape index (κ2) is 3.70. The Morgan fingerprint density at radius 3 is 3.07 bits per heavy atom. The third-order valence-corrected chi connectivity index (χ3v) is 2.57. The lowest BCUT2D eigenvalue weighted by atomic mass is 9.99. The molecular weight excluding hydrogens is 174 g/mol. The first-order chi connectivity index (χ1) is 6.83. The van der Waals surface area contributed by atoms with Gasteiger partial charge in [-0.2, -0.15) is 5.10 Å². The maximum Gasteiger partial charge on any atom is 0.112 e. The highest BCUT2D eigenvalue weighted by Crippen LogP contribution is 2.23. The molecule has 2 aromatic heterocycles.